The van der Waals surface area contributed by atoms with E-state index in [-0.39, 0.29) is 22.8 Å². The molecule has 0 bridgehead atoms. The topological polar surface area (TPSA) is 122 Å². The summed E-state index contributed by atoms with van der Waals surface area (Å²) in [4.78, 5) is 39.2. The van der Waals surface area contributed by atoms with Gasteiger partial charge in [0.2, 0.25) is 5.60 Å². The van der Waals surface area contributed by atoms with E-state index in [0.29, 0.717) is 6.92 Å². The molecule has 9 nitrogen and oxygen atoms in total. The number of halogens is 8. The van der Waals surface area contributed by atoms with E-state index in [4.69, 9.17) is 0 Å². The SMILES string of the molecule is C[C@](O)(C(=O)NCC(F)(F)C(F)(F)F)C(=O)N[C@H]1CN(CCO)c2ccccc2N(CC(F)(F)F)C1=O. The van der Waals surface area contributed by atoms with Crippen molar-refractivity contribution in [1.29, 1.82) is 0 Å². The molecule has 1 aromatic rings. The Kier molecular flexibility index (Phi) is 8.64. The van der Waals surface area contributed by atoms with Crippen LogP contribution in [0.15, 0.2) is 24.3 Å². The molecule has 0 spiro atoms. The molecule has 1 aliphatic rings. The number of carbonyl (C=O) groups is 3. The van der Waals surface area contributed by atoms with Crippen LogP contribution in [0.1, 0.15) is 6.92 Å². The molecule has 0 aromatic heterocycles. The van der Waals surface area contributed by atoms with Crippen molar-refractivity contribution >= 4 is 29.1 Å². The number of amides is 3. The number of alkyl halides is 8. The van der Waals surface area contributed by atoms with Crippen LogP contribution in [0, 0.1) is 0 Å². The molecule has 0 saturated carbocycles. The molecule has 2 atom stereocenters. The average Bonchev–Trinajstić information content (AvgIpc) is 2.87. The van der Waals surface area contributed by atoms with Crippen LogP contribution < -0.4 is 20.4 Å². The van der Waals surface area contributed by atoms with E-state index in [9.17, 15) is 59.7 Å². The second-order valence-corrected chi connectivity index (χ2v) is 8.18. The van der Waals surface area contributed by atoms with Crippen LogP contribution in [0.25, 0.3) is 0 Å². The molecular formula is C20H22F8N4O5. The highest BCUT2D eigenvalue weighted by atomic mass is 19.4. The van der Waals surface area contributed by atoms with Crippen LogP contribution in [0.3, 0.4) is 0 Å². The van der Waals surface area contributed by atoms with Gasteiger partial charge in [0.1, 0.15) is 12.6 Å². The van der Waals surface area contributed by atoms with Crippen molar-refractivity contribution in [2.24, 2.45) is 0 Å². The monoisotopic (exact) mass is 550 g/mol. The summed E-state index contributed by atoms with van der Waals surface area (Å²) in [5.41, 5.74) is -3.46. The van der Waals surface area contributed by atoms with Crippen molar-refractivity contribution in [3.8, 4) is 0 Å². The van der Waals surface area contributed by atoms with Crippen LogP contribution in [0.4, 0.5) is 46.5 Å². The van der Waals surface area contributed by atoms with E-state index in [1.807, 2.05) is 5.32 Å². The van der Waals surface area contributed by atoms with Crippen molar-refractivity contribution in [3.63, 3.8) is 0 Å². The summed E-state index contributed by atoms with van der Waals surface area (Å²) in [6.07, 6.45) is -11.0. The lowest BCUT2D eigenvalue weighted by Crippen LogP contribution is -2.62. The Morgan fingerprint density at radius 3 is 2.11 bits per heavy atom. The molecule has 0 saturated heterocycles. The van der Waals surface area contributed by atoms with Gasteiger partial charge in [-0.25, -0.2) is 0 Å². The largest absolute Gasteiger partial charge is 0.455 e. The Morgan fingerprint density at radius 2 is 1.59 bits per heavy atom. The number of β-amino-alcohol motifs (C(OH)–C–C–N with tert-alkyl or cyclic N) is 1. The van der Waals surface area contributed by atoms with Crippen molar-refractivity contribution in [3.05, 3.63) is 24.3 Å². The first-order chi connectivity index (χ1) is 16.8. The van der Waals surface area contributed by atoms with Crippen molar-refractivity contribution in [2.75, 3.05) is 42.6 Å². The molecule has 1 heterocycles. The number of aliphatic hydroxyl groups is 2. The Hall–Kier alpha value is -3.21. The lowest BCUT2D eigenvalue weighted by Gasteiger charge is -2.29. The lowest BCUT2D eigenvalue weighted by molar-refractivity contribution is -0.278. The molecule has 208 valence electrons. The summed E-state index contributed by atoms with van der Waals surface area (Å²) in [6.45, 7) is -5.00. The Bertz CT molecular complexity index is 1020. The highest BCUT2D eigenvalue weighted by Gasteiger charge is 2.58. The molecule has 1 aromatic carbocycles. The fourth-order valence-electron chi connectivity index (χ4n) is 3.31. The third kappa shape index (κ3) is 6.97. The molecule has 2 rings (SSSR count). The van der Waals surface area contributed by atoms with E-state index >= 15 is 0 Å². The van der Waals surface area contributed by atoms with Crippen LogP contribution in [0.5, 0.6) is 0 Å². The first-order valence-corrected chi connectivity index (χ1v) is 10.4. The first kappa shape index (κ1) is 30.0. The van der Waals surface area contributed by atoms with Crippen LogP contribution in [0.2, 0.25) is 0 Å². The molecule has 1 aliphatic heterocycles. The predicted molar refractivity (Wildman–Crippen MR) is 111 cm³/mol. The molecule has 0 aliphatic carbocycles. The summed E-state index contributed by atoms with van der Waals surface area (Å²) >= 11 is 0. The Labute approximate surface area is 204 Å². The van der Waals surface area contributed by atoms with E-state index in [0.717, 1.165) is 5.32 Å². The summed E-state index contributed by atoms with van der Waals surface area (Å²) in [6, 6.07) is 3.42. The minimum Gasteiger partial charge on any atom is -0.395 e. The maximum absolute atomic E-state index is 13.3. The average molecular weight is 550 g/mol. The third-order valence-electron chi connectivity index (χ3n) is 5.26. The molecule has 3 amide bonds. The second-order valence-electron chi connectivity index (χ2n) is 8.18. The van der Waals surface area contributed by atoms with Gasteiger partial charge in [-0.05, 0) is 19.1 Å². The molecule has 0 unspecified atom stereocenters. The number of para-hydroxylation sites is 2. The van der Waals surface area contributed by atoms with Gasteiger partial charge in [0.25, 0.3) is 17.7 Å². The number of rotatable bonds is 8. The highest BCUT2D eigenvalue weighted by molar-refractivity contribution is 6.10. The van der Waals surface area contributed by atoms with Crippen molar-refractivity contribution in [2.45, 2.75) is 36.8 Å². The van der Waals surface area contributed by atoms with Gasteiger partial charge >= 0.3 is 18.3 Å². The zero-order valence-electron chi connectivity index (χ0n) is 19.0. The second kappa shape index (κ2) is 10.6. The third-order valence-corrected chi connectivity index (χ3v) is 5.26. The molecule has 4 N–H and O–H groups in total. The fraction of sp³-hybridized carbons (Fsp3) is 0.550. The van der Waals surface area contributed by atoms with E-state index in [2.05, 4.69) is 0 Å². The molecular weight excluding hydrogens is 528 g/mol. The van der Waals surface area contributed by atoms with Crippen LogP contribution >= 0.6 is 0 Å². The zero-order valence-corrected chi connectivity index (χ0v) is 19.0. The molecule has 37 heavy (non-hydrogen) atoms. The first-order valence-electron chi connectivity index (χ1n) is 10.4. The smallest absolute Gasteiger partial charge is 0.395 e. The van der Waals surface area contributed by atoms with Crippen molar-refractivity contribution in [1.82, 2.24) is 10.6 Å². The molecule has 0 radical (unpaired) electrons. The fourth-order valence-corrected chi connectivity index (χ4v) is 3.31. The Morgan fingerprint density at radius 1 is 1.03 bits per heavy atom. The number of hydrogen-bond acceptors (Lipinski definition) is 6. The summed E-state index contributed by atoms with van der Waals surface area (Å²) in [5.74, 6) is -10.5. The van der Waals surface area contributed by atoms with Gasteiger partial charge in [0.15, 0.2) is 0 Å². The van der Waals surface area contributed by atoms with Gasteiger partial charge in [-0.1, -0.05) is 12.1 Å². The maximum atomic E-state index is 13.3. The quantitative estimate of drug-likeness (QED) is 0.283. The van der Waals surface area contributed by atoms with E-state index < -0.39 is 73.9 Å². The number of benzene rings is 1. The maximum Gasteiger partial charge on any atom is 0.455 e. The van der Waals surface area contributed by atoms with Gasteiger partial charge in [-0.15, -0.1) is 0 Å². The molecule has 17 heteroatoms. The molecule has 0 fully saturated rings. The number of carbonyl (C=O) groups excluding carboxylic acids is 3. The number of aliphatic hydroxyl groups excluding tert-OH is 1. The normalized spacial score (nSPS) is 18.6. The summed E-state index contributed by atoms with van der Waals surface area (Å²) in [5, 5.41) is 22.5. The van der Waals surface area contributed by atoms with Gasteiger partial charge in [0, 0.05) is 13.1 Å². The number of nitrogens with zero attached hydrogens (tertiary/aromatic N) is 2. The highest BCUT2D eigenvalue weighted by Crippen LogP contribution is 2.36. The number of fused-ring (bicyclic) bond motifs is 1. The predicted octanol–water partition coefficient (Wildman–Crippen LogP) is 0.944. The minimum absolute atomic E-state index is 0.0739. The number of hydrogen-bond donors (Lipinski definition) is 4. The minimum atomic E-state index is -6.05. The van der Waals surface area contributed by atoms with E-state index in [1.165, 1.54) is 29.2 Å². The summed E-state index contributed by atoms with van der Waals surface area (Å²) < 4.78 is 103. The van der Waals surface area contributed by atoms with Crippen molar-refractivity contribution < 1.29 is 59.7 Å². The number of nitrogens with one attached hydrogen (secondary N) is 2. The van der Waals surface area contributed by atoms with Crippen LogP contribution in [-0.2, 0) is 14.4 Å². The lowest BCUT2D eigenvalue weighted by atomic mass is 10.0. The van der Waals surface area contributed by atoms with Gasteiger partial charge < -0.3 is 25.7 Å². The van der Waals surface area contributed by atoms with Gasteiger partial charge in [0.05, 0.1) is 24.5 Å². The Balaban J connectivity index is 2.32. The van der Waals surface area contributed by atoms with Crippen LogP contribution in [-0.4, -0.2) is 90.6 Å². The van der Waals surface area contributed by atoms with Gasteiger partial charge in [-0.3, -0.25) is 19.3 Å². The van der Waals surface area contributed by atoms with Gasteiger partial charge in [-0.2, -0.15) is 35.1 Å². The summed E-state index contributed by atoms with van der Waals surface area (Å²) in [7, 11) is 0. The van der Waals surface area contributed by atoms with E-state index in [1.54, 1.807) is 0 Å². The zero-order chi connectivity index (χ0) is 28.4. The number of anilines is 2. The standard InChI is InChI=1S/C20H22F8N4O5/c1-17(37,15(35)29-9-18(21,22)20(26,27)28)16(36)30-11-8-31(6-7-33)12-4-2-3-5-13(12)32(14(11)34)10-19(23,24)25/h2-5,11,33,37H,6-10H2,1H3,(H,29,35)(H,30,36)/t11-,17-/m0/s1.